The highest BCUT2D eigenvalue weighted by Gasteiger charge is 2.13. The van der Waals surface area contributed by atoms with Crippen LogP contribution in [0.1, 0.15) is 38.6 Å². The standard InChI is InChI=1S/C10H15ClN2O/c1-3-5-8(14-4-2)10-12-7-6-9(11)13-10/h6-8H,3-5H2,1-2H3. The number of rotatable bonds is 5. The van der Waals surface area contributed by atoms with Crippen molar-refractivity contribution >= 4 is 11.6 Å². The fourth-order valence-corrected chi connectivity index (χ4v) is 1.40. The third-order valence-corrected chi connectivity index (χ3v) is 2.06. The Morgan fingerprint density at radius 1 is 1.50 bits per heavy atom. The van der Waals surface area contributed by atoms with Crippen molar-refractivity contribution in [2.75, 3.05) is 6.61 Å². The van der Waals surface area contributed by atoms with E-state index in [1.807, 2.05) is 6.92 Å². The Hall–Kier alpha value is -0.670. The fourth-order valence-electron chi connectivity index (χ4n) is 1.26. The Labute approximate surface area is 89.5 Å². The van der Waals surface area contributed by atoms with E-state index in [4.69, 9.17) is 16.3 Å². The van der Waals surface area contributed by atoms with E-state index < -0.39 is 0 Å². The first-order valence-corrected chi connectivity index (χ1v) is 5.25. The number of aromatic nitrogens is 2. The van der Waals surface area contributed by atoms with Crippen LogP contribution in [0.5, 0.6) is 0 Å². The van der Waals surface area contributed by atoms with Crippen molar-refractivity contribution in [3.63, 3.8) is 0 Å². The molecule has 4 heteroatoms. The van der Waals surface area contributed by atoms with Gasteiger partial charge in [0.25, 0.3) is 0 Å². The Bertz CT molecular complexity index is 275. The summed E-state index contributed by atoms with van der Waals surface area (Å²) in [6.45, 7) is 4.74. The summed E-state index contributed by atoms with van der Waals surface area (Å²) in [5.41, 5.74) is 0. The molecule has 1 heterocycles. The number of hydrogen-bond acceptors (Lipinski definition) is 3. The zero-order valence-corrected chi connectivity index (χ0v) is 9.29. The van der Waals surface area contributed by atoms with Crippen LogP contribution in [0.4, 0.5) is 0 Å². The smallest absolute Gasteiger partial charge is 0.158 e. The molecule has 3 nitrogen and oxygen atoms in total. The van der Waals surface area contributed by atoms with Crippen molar-refractivity contribution in [2.24, 2.45) is 0 Å². The summed E-state index contributed by atoms with van der Waals surface area (Å²) in [6, 6.07) is 1.67. The van der Waals surface area contributed by atoms with Crippen LogP contribution < -0.4 is 0 Å². The molecular weight excluding hydrogens is 200 g/mol. The van der Waals surface area contributed by atoms with Crippen LogP contribution in [0.25, 0.3) is 0 Å². The number of halogens is 1. The molecule has 14 heavy (non-hydrogen) atoms. The molecule has 0 saturated carbocycles. The van der Waals surface area contributed by atoms with Gasteiger partial charge >= 0.3 is 0 Å². The zero-order chi connectivity index (χ0) is 10.4. The number of nitrogens with zero attached hydrogens (tertiary/aromatic N) is 2. The maximum absolute atomic E-state index is 5.78. The van der Waals surface area contributed by atoms with E-state index in [2.05, 4.69) is 16.9 Å². The molecule has 0 N–H and O–H groups in total. The molecular formula is C10H15ClN2O. The highest BCUT2D eigenvalue weighted by Crippen LogP contribution is 2.19. The van der Waals surface area contributed by atoms with Crippen LogP contribution in [0, 0.1) is 0 Å². The first-order chi connectivity index (χ1) is 6.77. The lowest BCUT2D eigenvalue weighted by molar-refractivity contribution is 0.0494. The van der Waals surface area contributed by atoms with E-state index in [1.54, 1.807) is 12.3 Å². The van der Waals surface area contributed by atoms with Gasteiger partial charge in [0, 0.05) is 12.8 Å². The quantitative estimate of drug-likeness (QED) is 0.707. The lowest BCUT2D eigenvalue weighted by Gasteiger charge is -2.14. The highest BCUT2D eigenvalue weighted by atomic mass is 35.5. The molecule has 0 aliphatic carbocycles. The number of ether oxygens (including phenoxy) is 1. The summed E-state index contributed by atoms with van der Waals surface area (Å²) < 4.78 is 5.54. The molecule has 0 aliphatic heterocycles. The second kappa shape index (κ2) is 5.94. The molecule has 0 fully saturated rings. The molecule has 1 aromatic rings. The van der Waals surface area contributed by atoms with Crippen LogP contribution in [-0.2, 0) is 4.74 Å². The van der Waals surface area contributed by atoms with Crippen molar-refractivity contribution in [3.05, 3.63) is 23.2 Å². The van der Waals surface area contributed by atoms with Crippen molar-refractivity contribution in [3.8, 4) is 0 Å². The van der Waals surface area contributed by atoms with Crippen LogP contribution in [-0.4, -0.2) is 16.6 Å². The first kappa shape index (κ1) is 11.4. The Balaban J connectivity index is 2.75. The average molecular weight is 215 g/mol. The lowest BCUT2D eigenvalue weighted by atomic mass is 10.2. The van der Waals surface area contributed by atoms with E-state index in [0.29, 0.717) is 17.6 Å². The van der Waals surface area contributed by atoms with Gasteiger partial charge in [-0.25, -0.2) is 9.97 Å². The van der Waals surface area contributed by atoms with Crippen LogP contribution >= 0.6 is 11.6 Å². The molecule has 0 amide bonds. The molecule has 78 valence electrons. The van der Waals surface area contributed by atoms with E-state index in [9.17, 15) is 0 Å². The summed E-state index contributed by atoms with van der Waals surface area (Å²) >= 11 is 5.78. The summed E-state index contributed by atoms with van der Waals surface area (Å²) in [5.74, 6) is 0.682. The van der Waals surface area contributed by atoms with Gasteiger partial charge < -0.3 is 4.74 Å². The fraction of sp³-hybridized carbons (Fsp3) is 0.600. The third kappa shape index (κ3) is 3.24. The molecule has 0 bridgehead atoms. The maximum Gasteiger partial charge on any atom is 0.158 e. The van der Waals surface area contributed by atoms with E-state index in [-0.39, 0.29) is 6.10 Å². The van der Waals surface area contributed by atoms with Crippen LogP contribution in [0.3, 0.4) is 0 Å². The van der Waals surface area contributed by atoms with Gasteiger partial charge in [0.1, 0.15) is 11.3 Å². The number of hydrogen-bond donors (Lipinski definition) is 0. The van der Waals surface area contributed by atoms with Gasteiger partial charge in [-0.05, 0) is 19.4 Å². The summed E-state index contributed by atoms with van der Waals surface area (Å²) in [4.78, 5) is 8.30. The predicted molar refractivity (Wildman–Crippen MR) is 56.3 cm³/mol. The summed E-state index contributed by atoms with van der Waals surface area (Å²) in [6.07, 6.45) is 3.60. The van der Waals surface area contributed by atoms with Gasteiger partial charge in [-0.1, -0.05) is 24.9 Å². The maximum atomic E-state index is 5.78. The Morgan fingerprint density at radius 3 is 2.86 bits per heavy atom. The second-order valence-corrected chi connectivity index (χ2v) is 3.36. The Morgan fingerprint density at radius 2 is 2.29 bits per heavy atom. The molecule has 1 aromatic heterocycles. The minimum atomic E-state index is -0.0244. The molecule has 0 saturated heterocycles. The summed E-state index contributed by atoms with van der Waals surface area (Å²) in [5, 5.41) is 0.468. The Kier molecular flexibility index (Phi) is 4.84. The zero-order valence-electron chi connectivity index (χ0n) is 8.53. The SMILES string of the molecule is CCCC(OCC)c1nccc(Cl)n1. The lowest BCUT2D eigenvalue weighted by Crippen LogP contribution is -2.08. The van der Waals surface area contributed by atoms with Crippen molar-refractivity contribution in [1.82, 2.24) is 9.97 Å². The molecule has 0 aromatic carbocycles. The van der Waals surface area contributed by atoms with E-state index >= 15 is 0 Å². The largest absolute Gasteiger partial charge is 0.371 e. The van der Waals surface area contributed by atoms with Gasteiger partial charge in [0.05, 0.1) is 0 Å². The predicted octanol–water partition coefficient (Wildman–Crippen LogP) is 3.01. The molecule has 0 aliphatic rings. The normalized spacial score (nSPS) is 12.8. The van der Waals surface area contributed by atoms with Crippen LogP contribution in [0.2, 0.25) is 5.15 Å². The average Bonchev–Trinajstić information content (AvgIpc) is 2.17. The minimum Gasteiger partial charge on any atom is -0.371 e. The van der Waals surface area contributed by atoms with E-state index in [0.717, 1.165) is 12.8 Å². The monoisotopic (exact) mass is 214 g/mol. The molecule has 0 radical (unpaired) electrons. The molecule has 1 unspecified atom stereocenters. The van der Waals surface area contributed by atoms with Gasteiger partial charge in [0.2, 0.25) is 0 Å². The van der Waals surface area contributed by atoms with Gasteiger partial charge in [-0.3, -0.25) is 0 Å². The molecule has 1 atom stereocenters. The third-order valence-electron chi connectivity index (χ3n) is 1.85. The molecule has 1 rings (SSSR count). The van der Waals surface area contributed by atoms with Crippen LogP contribution in [0.15, 0.2) is 12.3 Å². The van der Waals surface area contributed by atoms with E-state index in [1.165, 1.54) is 0 Å². The van der Waals surface area contributed by atoms with Gasteiger partial charge in [-0.15, -0.1) is 0 Å². The highest BCUT2D eigenvalue weighted by molar-refractivity contribution is 6.29. The van der Waals surface area contributed by atoms with Crippen molar-refractivity contribution in [1.29, 1.82) is 0 Å². The second-order valence-electron chi connectivity index (χ2n) is 2.97. The molecule has 0 spiro atoms. The van der Waals surface area contributed by atoms with Crippen molar-refractivity contribution in [2.45, 2.75) is 32.8 Å². The first-order valence-electron chi connectivity index (χ1n) is 4.88. The summed E-state index contributed by atoms with van der Waals surface area (Å²) in [7, 11) is 0. The van der Waals surface area contributed by atoms with Gasteiger partial charge in [0.15, 0.2) is 5.82 Å². The minimum absolute atomic E-state index is 0.0244. The van der Waals surface area contributed by atoms with Crippen molar-refractivity contribution < 1.29 is 4.74 Å². The van der Waals surface area contributed by atoms with Gasteiger partial charge in [-0.2, -0.15) is 0 Å². The topological polar surface area (TPSA) is 35.0 Å².